The van der Waals surface area contributed by atoms with E-state index >= 15 is 0 Å². The van der Waals surface area contributed by atoms with Gasteiger partial charge in [-0.15, -0.1) is 0 Å². The van der Waals surface area contributed by atoms with Gasteiger partial charge in [-0.1, -0.05) is 23.7 Å². The Morgan fingerprint density at radius 1 is 1.20 bits per heavy atom. The minimum Gasteiger partial charge on any atom is -0.454 e. The van der Waals surface area contributed by atoms with Gasteiger partial charge in [-0.3, -0.25) is 0 Å². The molecule has 1 atom stereocenters. The lowest BCUT2D eigenvalue weighted by molar-refractivity contribution is 0.433. The van der Waals surface area contributed by atoms with Gasteiger partial charge in [0.1, 0.15) is 11.6 Å². The van der Waals surface area contributed by atoms with Crippen LogP contribution < -0.4 is 10.5 Å². The fourth-order valence-electron chi connectivity index (χ4n) is 1.83. The van der Waals surface area contributed by atoms with E-state index in [4.69, 9.17) is 22.1 Å². The minimum atomic E-state index is -0.552. The summed E-state index contributed by atoms with van der Waals surface area (Å²) in [6.45, 7) is 1.82. The van der Waals surface area contributed by atoms with Crippen molar-refractivity contribution in [2.45, 2.75) is 19.4 Å². The molecular formula is C15H14ClF2NO. The molecule has 20 heavy (non-hydrogen) atoms. The smallest absolute Gasteiger partial charge is 0.166 e. The first kappa shape index (κ1) is 14.8. The van der Waals surface area contributed by atoms with E-state index in [1.54, 1.807) is 12.1 Å². The first-order valence-electron chi connectivity index (χ1n) is 6.13. The second-order valence-corrected chi connectivity index (χ2v) is 4.99. The van der Waals surface area contributed by atoms with Crippen LogP contribution in [0.4, 0.5) is 8.78 Å². The quantitative estimate of drug-likeness (QED) is 0.913. The maximum Gasteiger partial charge on any atom is 0.166 e. The van der Waals surface area contributed by atoms with Crippen LogP contribution in [0.5, 0.6) is 11.5 Å². The first-order valence-corrected chi connectivity index (χ1v) is 6.51. The van der Waals surface area contributed by atoms with Crippen molar-refractivity contribution < 1.29 is 13.5 Å². The molecule has 0 aliphatic carbocycles. The first-order chi connectivity index (χ1) is 9.47. The summed E-state index contributed by atoms with van der Waals surface area (Å²) in [4.78, 5) is 0. The number of nitrogens with two attached hydrogens (primary N) is 1. The zero-order valence-electron chi connectivity index (χ0n) is 10.9. The van der Waals surface area contributed by atoms with E-state index in [9.17, 15) is 8.78 Å². The van der Waals surface area contributed by atoms with Gasteiger partial charge in [0, 0.05) is 12.1 Å². The lowest BCUT2D eigenvalue weighted by Crippen LogP contribution is -2.18. The Morgan fingerprint density at radius 3 is 2.60 bits per heavy atom. The maximum atomic E-state index is 13.9. The summed E-state index contributed by atoms with van der Waals surface area (Å²) in [6.07, 6.45) is 0.474. The number of hydrogen-bond acceptors (Lipinski definition) is 2. The Hall–Kier alpha value is -1.65. The summed E-state index contributed by atoms with van der Waals surface area (Å²) in [5.74, 6) is -0.688. The fourth-order valence-corrected chi connectivity index (χ4v) is 2.00. The molecule has 2 nitrogen and oxygen atoms in total. The maximum absolute atomic E-state index is 13.9. The molecule has 0 fully saturated rings. The van der Waals surface area contributed by atoms with Crippen LogP contribution in [-0.4, -0.2) is 6.04 Å². The van der Waals surface area contributed by atoms with Crippen LogP contribution in [0.25, 0.3) is 0 Å². The molecule has 2 N–H and O–H groups in total. The Labute approximate surface area is 121 Å². The Morgan fingerprint density at radius 2 is 1.95 bits per heavy atom. The monoisotopic (exact) mass is 297 g/mol. The van der Waals surface area contributed by atoms with E-state index in [1.807, 2.05) is 6.92 Å². The molecule has 0 saturated carbocycles. The average molecular weight is 298 g/mol. The van der Waals surface area contributed by atoms with Crippen molar-refractivity contribution in [1.82, 2.24) is 0 Å². The summed E-state index contributed by atoms with van der Waals surface area (Å²) >= 11 is 5.68. The zero-order valence-corrected chi connectivity index (χ0v) is 11.6. The predicted octanol–water partition coefficient (Wildman–Crippen LogP) is 4.30. The van der Waals surface area contributed by atoms with Crippen molar-refractivity contribution in [2.75, 3.05) is 0 Å². The molecule has 0 heterocycles. The van der Waals surface area contributed by atoms with Gasteiger partial charge in [-0.2, -0.15) is 0 Å². The molecule has 0 aromatic heterocycles. The van der Waals surface area contributed by atoms with Gasteiger partial charge < -0.3 is 10.5 Å². The number of ether oxygens (including phenoxy) is 1. The average Bonchev–Trinajstić information content (AvgIpc) is 2.37. The lowest BCUT2D eigenvalue weighted by atomic mass is 10.1. The number of rotatable bonds is 4. The van der Waals surface area contributed by atoms with Crippen LogP contribution in [0, 0.1) is 11.6 Å². The van der Waals surface area contributed by atoms with Gasteiger partial charge >= 0.3 is 0 Å². The van der Waals surface area contributed by atoms with E-state index in [0.717, 1.165) is 0 Å². The fraction of sp³-hybridized carbons (Fsp3) is 0.200. The summed E-state index contributed by atoms with van der Waals surface area (Å²) in [7, 11) is 0. The molecule has 0 saturated heterocycles. The van der Waals surface area contributed by atoms with E-state index in [-0.39, 0.29) is 22.6 Å². The summed E-state index contributed by atoms with van der Waals surface area (Å²) in [5, 5.41) is -0.0763. The number of benzene rings is 2. The highest BCUT2D eigenvalue weighted by Gasteiger charge is 2.13. The molecular weight excluding hydrogens is 284 g/mol. The highest BCUT2D eigenvalue weighted by atomic mass is 35.5. The molecule has 1 unspecified atom stereocenters. The number of halogens is 3. The molecule has 0 amide bonds. The van der Waals surface area contributed by atoms with E-state index in [2.05, 4.69) is 0 Å². The molecule has 2 aromatic rings. The molecule has 0 radical (unpaired) electrons. The highest BCUT2D eigenvalue weighted by Crippen LogP contribution is 2.31. The van der Waals surface area contributed by atoms with Crippen molar-refractivity contribution in [3.8, 4) is 11.5 Å². The third-order valence-electron chi connectivity index (χ3n) is 2.70. The van der Waals surface area contributed by atoms with Gasteiger partial charge in [0.25, 0.3) is 0 Å². The van der Waals surface area contributed by atoms with Crippen molar-refractivity contribution in [3.05, 3.63) is 58.6 Å². The molecule has 0 bridgehead atoms. The van der Waals surface area contributed by atoms with Gasteiger partial charge in [0.2, 0.25) is 0 Å². The van der Waals surface area contributed by atoms with Gasteiger partial charge in [0.05, 0.1) is 5.02 Å². The van der Waals surface area contributed by atoms with Gasteiger partial charge in [0.15, 0.2) is 11.6 Å². The SMILES string of the molecule is CC(N)Cc1cccc(F)c1Oc1ccc(F)c(Cl)c1. The molecule has 2 rings (SSSR count). The van der Waals surface area contributed by atoms with Crippen LogP contribution >= 0.6 is 11.6 Å². The van der Waals surface area contributed by atoms with Gasteiger partial charge in [-0.25, -0.2) is 8.78 Å². The van der Waals surface area contributed by atoms with Crippen LogP contribution in [0.2, 0.25) is 5.02 Å². The summed E-state index contributed by atoms with van der Waals surface area (Å²) < 4.78 is 32.5. The topological polar surface area (TPSA) is 35.2 Å². The molecule has 5 heteroatoms. The third kappa shape index (κ3) is 3.46. The Kier molecular flexibility index (Phi) is 4.57. The molecule has 2 aromatic carbocycles. The van der Waals surface area contributed by atoms with Crippen molar-refractivity contribution in [2.24, 2.45) is 5.73 Å². The van der Waals surface area contributed by atoms with Crippen LogP contribution in [0.1, 0.15) is 12.5 Å². The zero-order chi connectivity index (χ0) is 14.7. The van der Waals surface area contributed by atoms with Crippen molar-refractivity contribution >= 4 is 11.6 Å². The second kappa shape index (κ2) is 6.20. The van der Waals surface area contributed by atoms with E-state index in [1.165, 1.54) is 24.3 Å². The predicted molar refractivity (Wildman–Crippen MR) is 75.2 cm³/mol. The van der Waals surface area contributed by atoms with E-state index in [0.29, 0.717) is 12.0 Å². The van der Waals surface area contributed by atoms with Crippen LogP contribution in [-0.2, 0) is 6.42 Å². The van der Waals surface area contributed by atoms with Crippen LogP contribution in [0.3, 0.4) is 0 Å². The lowest BCUT2D eigenvalue weighted by Gasteiger charge is -2.14. The largest absolute Gasteiger partial charge is 0.454 e. The van der Waals surface area contributed by atoms with Gasteiger partial charge in [-0.05, 0) is 37.1 Å². The van der Waals surface area contributed by atoms with E-state index < -0.39 is 11.6 Å². The molecule has 106 valence electrons. The standard InChI is InChI=1S/C15H14ClF2NO/c1-9(19)7-10-3-2-4-14(18)15(10)20-11-5-6-13(17)12(16)8-11/h2-6,8-9H,7,19H2,1H3. The summed E-state index contributed by atoms with van der Waals surface area (Å²) in [6, 6.07) is 8.37. The van der Waals surface area contributed by atoms with Crippen molar-refractivity contribution in [3.63, 3.8) is 0 Å². The molecule has 0 spiro atoms. The molecule has 0 aliphatic rings. The molecule has 0 aliphatic heterocycles. The number of para-hydroxylation sites is 1. The Balaban J connectivity index is 2.34. The normalized spacial score (nSPS) is 12.2. The summed E-state index contributed by atoms with van der Waals surface area (Å²) in [5.41, 5.74) is 6.39. The van der Waals surface area contributed by atoms with Crippen LogP contribution in [0.15, 0.2) is 36.4 Å². The second-order valence-electron chi connectivity index (χ2n) is 4.59. The number of hydrogen-bond donors (Lipinski definition) is 1. The third-order valence-corrected chi connectivity index (χ3v) is 2.99. The Bertz CT molecular complexity index is 617. The highest BCUT2D eigenvalue weighted by molar-refractivity contribution is 6.30. The van der Waals surface area contributed by atoms with Crippen molar-refractivity contribution in [1.29, 1.82) is 0 Å². The minimum absolute atomic E-state index is 0.0763.